The fraction of sp³-hybridized carbons (Fsp3) is 0.917. The minimum absolute atomic E-state index is 0.101. The molecule has 2 bridgehead atoms. The van der Waals surface area contributed by atoms with Crippen molar-refractivity contribution in [2.45, 2.75) is 57.8 Å². The van der Waals surface area contributed by atoms with Gasteiger partial charge in [-0.15, -0.1) is 0 Å². The number of carbonyl (C=O) groups excluding carboxylic acids is 1. The highest BCUT2D eigenvalue weighted by Gasteiger charge is 2.47. The first kappa shape index (κ1) is 11.7. The van der Waals surface area contributed by atoms with E-state index in [1.165, 1.54) is 0 Å². The lowest BCUT2D eigenvalue weighted by molar-refractivity contribution is 0.0477. The molecular weight excluding hydrogens is 206 g/mol. The van der Waals surface area contributed by atoms with Crippen molar-refractivity contribution in [3.05, 3.63) is 0 Å². The minimum atomic E-state index is -0.458. The van der Waals surface area contributed by atoms with Gasteiger partial charge >= 0.3 is 6.09 Å². The highest BCUT2D eigenvalue weighted by atomic mass is 16.6. The highest BCUT2D eigenvalue weighted by molar-refractivity contribution is 5.68. The molecule has 2 fully saturated rings. The molecule has 0 unspecified atom stereocenters. The van der Waals surface area contributed by atoms with Gasteiger partial charge in [0.05, 0.1) is 6.10 Å². The second-order valence-corrected chi connectivity index (χ2v) is 5.98. The molecule has 16 heavy (non-hydrogen) atoms. The van der Waals surface area contributed by atoms with Crippen LogP contribution in [0.3, 0.4) is 0 Å². The Morgan fingerprint density at radius 1 is 1.38 bits per heavy atom. The number of rotatable bonds is 1. The first-order valence-electron chi connectivity index (χ1n) is 6.04. The van der Waals surface area contributed by atoms with Gasteiger partial charge in [0.15, 0.2) is 0 Å². The number of carbonyl (C=O) groups is 1. The molecule has 4 atom stereocenters. The van der Waals surface area contributed by atoms with Crippen LogP contribution in [-0.2, 0) is 4.74 Å². The number of hydrogen-bond acceptors (Lipinski definition) is 3. The number of aliphatic hydroxyl groups is 1. The van der Waals surface area contributed by atoms with Crippen LogP contribution in [0.2, 0.25) is 0 Å². The van der Waals surface area contributed by atoms with E-state index in [0.29, 0.717) is 5.92 Å². The fourth-order valence-electron chi connectivity index (χ4n) is 2.92. The number of ether oxygens (including phenoxy) is 1. The smallest absolute Gasteiger partial charge is 0.407 e. The lowest BCUT2D eigenvalue weighted by atomic mass is 9.95. The van der Waals surface area contributed by atoms with Crippen molar-refractivity contribution in [1.82, 2.24) is 5.32 Å². The van der Waals surface area contributed by atoms with Gasteiger partial charge in [-0.25, -0.2) is 4.79 Å². The van der Waals surface area contributed by atoms with Crippen molar-refractivity contribution < 1.29 is 14.6 Å². The van der Waals surface area contributed by atoms with Crippen molar-refractivity contribution in [1.29, 1.82) is 0 Å². The zero-order valence-corrected chi connectivity index (χ0v) is 10.2. The van der Waals surface area contributed by atoms with Crippen LogP contribution in [0.25, 0.3) is 0 Å². The van der Waals surface area contributed by atoms with Gasteiger partial charge in [-0.05, 0) is 46.0 Å². The molecule has 0 aliphatic heterocycles. The van der Waals surface area contributed by atoms with E-state index in [-0.39, 0.29) is 24.2 Å². The maximum Gasteiger partial charge on any atom is 0.407 e. The summed E-state index contributed by atoms with van der Waals surface area (Å²) in [6.45, 7) is 5.55. The van der Waals surface area contributed by atoms with Gasteiger partial charge in [0.25, 0.3) is 0 Å². The van der Waals surface area contributed by atoms with Crippen LogP contribution in [0.1, 0.15) is 40.0 Å². The summed E-state index contributed by atoms with van der Waals surface area (Å²) in [6, 6.07) is 0.101. The van der Waals surface area contributed by atoms with Crippen LogP contribution in [0.5, 0.6) is 0 Å². The first-order valence-corrected chi connectivity index (χ1v) is 6.04. The summed E-state index contributed by atoms with van der Waals surface area (Å²) < 4.78 is 5.21. The average Bonchev–Trinajstić information content (AvgIpc) is 2.57. The minimum Gasteiger partial charge on any atom is -0.444 e. The summed E-state index contributed by atoms with van der Waals surface area (Å²) in [5.74, 6) is 0.613. The van der Waals surface area contributed by atoms with Crippen molar-refractivity contribution in [2.24, 2.45) is 11.8 Å². The van der Waals surface area contributed by atoms with Gasteiger partial charge in [0, 0.05) is 12.0 Å². The molecule has 2 N–H and O–H groups in total. The summed E-state index contributed by atoms with van der Waals surface area (Å²) in [7, 11) is 0. The van der Waals surface area contributed by atoms with Crippen molar-refractivity contribution >= 4 is 6.09 Å². The molecule has 2 rings (SSSR count). The lowest BCUT2D eigenvalue weighted by Gasteiger charge is -2.25. The summed E-state index contributed by atoms with van der Waals surface area (Å²) in [4.78, 5) is 11.6. The predicted octanol–water partition coefficient (Wildman–Crippen LogP) is 1.67. The Morgan fingerprint density at radius 2 is 2.06 bits per heavy atom. The number of aliphatic hydroxyl groups excluding tert-OH is 1. The van der Waals surface area contributed by atoms with Crippen molar-refractivity contribution in [3.8, 4) is 0 Å². The van der Waals surface area contributed by atoms with Gasteiger partial charge in [-0.2, -0.15) is 0 Å². The Kier molecular flexibility index (Phi) is 2.86. The third kappa shape index (κ3) is 2.32. The average molecular weight is 227 g/mol. The SMILES string of the molecule is CC(C)(C)OC(=O)N[C@H]1C[C@H]2CC[C@H]1[C@@H]2O. The van der Waals surface area contributed by atoms with Crippen molar-refractivity contribution in [3.63, 3.8) is 0 Å². The maximum atomic E-state index is 11.6. The fourth-order valence-corrected chi connectivity index (χ4v) is 2.92. The van der Waals surface area contributed by atoms with E-state index in [4.69, 9.17) is 4.74 Å². The van der Waals surface area contributed by atoms with Crippen LogP contribution in [0, 0.1) is 11.8 Å². The van der Waals surface area contributed by atoms with Crippen LogP contribution in [0.15, 0.2) is 0 Å². The molecule has 0 aromatic heterocycles. The Balaban J connectivity index is 1.85. The predicted molar refractivity (Wildman–Crippen MR) is 60.0 cm³/mol. The molecule has 0 aromatic rings. The highest BCUT2D eigenvalue weighted by Crippen LogP contribution is 2.44. The number of hydrogen-bond donors (Lipinski definition) is 2. The second kappa shape index (κ2) is 3.91. The Morgan fingerprint density at radius 3 is 2.50 bits per heavy atom. The Labute approximate surface area is 96.4 Å². The molecule has 4 nitrogen and oxygen atoms in total. The molecule has 92 valence electrons. The van der Waals surface area contributed by atoms with E-state index < -0.39 is 5.60 Å². The van der Waals surface area contributed by atoms with E-state index in [0.717, 1.165) is 19.3 Å². The Hall–Kier alpha value is -0.770. The van der Waals surface area contributed by atoms with Crippen LogP contribution >= 0.6 is 0 Å². The normalized spacial score (nSPS) is 37.5. The van der Waals surface area contributed by atoms with Crippen LogP contribution in [-0.4, -0.2) is 28.9 Å². The number of alkyl carbamates (subject to hydrolysis) is 1. The van der Waals surface area contributed by atoms with Gasteiger partial charge in [0.1, 0.15) is 5.60 Å². The monoisotopic (exact) mass is 227 g/mol. The third-order valence-electron chi connectivity index (χ3n) is 3.57. The van der Waals surface area contributed by atoms with Gasteiger partial charge in [0.2, 0.25) is 0 Å². The zero-order valence-electron chi connectivity index (χ0n) is 10.2. The molecule has 0 radical (unpaired) electrons. The van der Waals surface area contributed by atoms with Gasteiger partial charge in [-0.3, -0.25) is 0 Å². The number of amides is 1. The molecule has 0 spiro atoms. The van der Waals surface area contributed by atoms with E-state index in [1.54, 1.807) is 0 Å². The molecule has 1 amide bonds. The Bertz CT molecular complexity index is 284. The molecule has 2 aliphatic carbocycles. The molecule has 0 aromatic carbocycles. The second-order valence-electron chi connectivity index (χ2n) is 5.98. The van der Waals surface area contributed by atoms with E-state index in [9.17, 15) is 9.90 Å². The molecule has 2 aliphatic rings. The molecule has 4 heteroatoms. The van der Waals surface area contributed by atoms with E-state index in [2.05, 4.69) is 5.32 Å². The number of nitrogens with one attached hydrogen (secondary N) is 1. The summed E-state index contributed by atoms with van der Waals surface area (Å²) in [5.41, 5.74) is -0.458. The van der Waals surface area contributed by atoms with E-state index in [1.807, 2.05) is 20.8 Å². The molecular formula is C12H21NO3. The van der Waals surface area contributed by atoms with Gasteiger partial charge < -0.3 is 15.2 Å². The molecule has 2 saturated carbocycles. The quantitative estimate of drug-likeness (QED) is 0.716. The number of fused-ring (bicyclic) bond motifs is 2. The van der Waals surface area contributed by atoms with Crippen LogP contribution in [0.4, 0.5) is 4.79 Å². The zero-order chi connectivity index (χ0) is 11.9. The summed E-state index contributed by atoms with van der Waals surface area (Å²) in [5, 5.41) is 12.7. The summed E-state index contributed by atoms with van der Waals surface area (Å²) in [6.07, 6.45) is 2.42. The van der Waals surface area contributed by atoms with Gasteiger partial charge in [-0.1, -0.05) is 0 Å². The van der Waals surface area contributed by atoms with Crippen molar-refractivity contribution in [2.75, 3.05) is 0 Å². The summed E-state index contributed by atoms with van der Waals surface area (Å²) >= 11 is 0. The van der Waals surface area contributed by atoms with Crippen LogP contribution < -0.4 is 5.32 Å². The standard InChI is InChI=1S/C12H21NO3/c1-12(2,3)16-11(15)13-9-6-7-4-5-8(9)10(7)14/h7-10,14H,4-6H2,1-3H3,(H,13,15)/t7-,8-,9+,10-/m1/s1. The third-order valence-corrected chi connectivity index (χ3v) is 3.57. The van der Waals surface area contributed by atoms with E-state index >= 15 is 0 Å². The lowest BCUT2D eigenvalue weighted by Crippen LogP contribution is -2.42. The molecule has 0 saturated heterocycles. The molecule has 0 heterocycles. The first-order chi connectivity index (χ1) is 7.37. The maximum absolute atomic E-state index is 11.6. The topological polar surface area (TPSA) is 58.6 Å². The largest absolute Gasteiger partial charge is 0.444 e.